The van der Waals surface area contributed by atoms with Gasteiger partial charge < -0.3 is 20.1 Å². The summed E-state index contributed by atoms with van der Waals surface area (Å²) < 4.78 is 26.1. The molecule has 0 spiro atoms. The molecule has 2 aromatic carbocycles. The van der Waals surface area contributed by atoms with Crippen LogP contribution in [0.5, 0.6) is 11.5 Å². The fourth-order valence-electron chi connectivity index (χ4n) is 2.99. The van der Waals surface area contributed by atoms with Gasteiger partial charge in [-0.05, 0) is 32.0 Å². The van der Waals surface area contributed by atoms with Crippen molar-refractivity contribution in [3.05, 3.63) is 65.2 Å². The molecule has 0 aliphatic carbocycles. The average molecular weight is 398 g/mol. The maximum absolute atomic E-state index is 14.0. The van der Waals surface area contributed by atoms with Crippen LogP contribution in [-0.2, 0) is 6.54 Å². The van der Waals surface area contributed by atoms with Gasteiger partial charge in [0.05, 0.1) is 43.5 Å². The Labute approximate surface area is 168 Å². The summed E-state index contributed by atoms with van der Waals surface area (Å²) in [6.07, 6.45) is 0. The maximum Gasteiger partial charge on any atom is 0.323 e. The minimum atomic E-state index is -0.440. The minimum absolute atomic E-state index is 0.273. The van der Waals surface area contributed by atoms with Crippen LogP contribution in [0, 0.1) is 19.7 Å². The molecule has 0 unspecified atom stereocenters. The van der Waals surface area contributed by atoms with E-state index in [0.29, 0.717) is 34.1 Å². The molecule has 0 fully saturated rings. The number of halogens is 1. The maximum atomic E-state index is 14.0. The van der Waals surface area contributed by atoms with E-state index in [1.165, 1.54) is 13.2 Å². The van der Waals surface area contributed by atoms with Crippen LogP contribution in [-0.4, -0.2) is 30.0 Å². The Morgan fingerprint density at radius 3 is 2.55 bits per heavy atom. The summed E-state index contributed by atoms with van der Waals surface area (Å²) in [5.41, 5.74) is 2.96. The molecule has 3 rings (SSSR count). The molecule has 1 aromatic heterocycles. The molecule has 8 heteroatoms. The van der Waals surface area contributed by atoms with E-state index in [4.69, 9.17) is 9.47 Å². The Morgan fingerprint density at radius 2 is 1.86 bits per heavy atom. The van der Waals surface area contributed by atoms with Crippen LogP contribution in [0.3, 0.4) is 0 Å². The van der Waals surface area contributed by atoms with Crippen LogP contribution in [0.15, 0.2) is 42.5 Å². The third-order valence-electron chi connectivity index (χ3n) is 4.55. The van der Waals surface area contributed by atoms with Gasteiger partial charge in [-0.25, -0.2) is 9.18 Å². The molecule has 0 bridgehead atoms. The summed E-state index contributed by atoms with van der Waals surface area (Å²) in [6, 6.07) is 11.2. The molecule has 0 atom stereocenters. The number of aryl methyl sites for hydroxylation is 1. The first kappa shape index (κ1) is 20.2. The first-order valence-corrected chi connectivity index (χ1v) is 9.00. The molecule has 0 aliphatic heterocycles. The predicted molar refractivity (Wildman–Crippen MR) is 109 cm³/mol. The number of hydrogen-bond acceptors (Lipinski definition) is 4. The molecule has 0 saturated carbocycles. The van der Waals surface area contributed by atoms with Crippen molar-refractivity contribution in [1.82, 2.24) is 9.78 Å². The highest BCUT2D eigenvalue weighted by Gasteiger charge is 2.16. The van der Waals surface area contributed by atoms with Crippen molar-refractivity contribution >= 4 is 17.4 Å². The highest BCUT2D eigenvalue weighted by molar-refractivity contribution is 6.01. The number of carbonyl (C=O) groups excluding carboxylic acids is 1. The number of hydrogen-bond donors (Lipinski definition) is 2. The number of carbonyl (C=O) groups is 1. The first-order valence-electron chi connectivity index (χ1n) is 9.00. The Balaban J connectivity index is 1.76. The SMILES string of the molecule is COc1ccc(NC(=O)Nc2c(C)nn(Cc3ccccc3F)c2C)c(OC)c1. The van der Waals surface area contributed by atoms with E-state index in [0.717, 1.165) is 5.69 Å². The first-order chi connectivity index (χ1) is 13.9. The zero-order valence-corrected chi connectivity index (χ0v) is 16.7. The molecular weight excluding hydrogens is 375 g/mol. The van der Waals surface area contributed by atoms with Gasteiger partial charge in [0, 0.05) is 11.6 Å². The fourth-order valence-corrected chi connectivity index (χ4v) is 2.99. The van der Waals surface area contributed by atoms with Crippen molar-refractivity contribution < 1.29 is 18.7 Å². The number of nitrogens with zero attached hydrogens (tertiary/aromatic N) is 2. The lowest BCUT2D eigenvalue weighted by Crippen LogP contribution is -2.20. The highest BCUT2D eigenvalue weighted by Crippen LogP contribution is 2.29. The predicted octanol–water partition coefficient (Wildman–Crippen LogP) is 4.35. The molecule has 1 heterocycles. The van der Waals surface area contributed by atoms with E-state index in [1.54, 1.807) is 55.1 Å². The third-order valence-corrected chi connectivity index (χ3v) is 4.55. The van der Waals surface area contributed by atoms with Crippen molar-refractivity contribution in [1.29, 1.82) is 0 Å². The minimum Gasteiger partial charge on any atom is -0.497 e. The van der Waals surface area contributed by atoms with E-state index in [-0.39, 0.29) is 12.4 Å². The molecule has 152 valence electrons. The quantitative estimate of drug-likeness (QED) is 0.647. The number of anilines is 2. The van der Waals surface area contributed by atoms with Crippen molar-refractivity contribution in [2.45, 2.75) is 20.4 Å². The summed E-state index contributed by atoms with van der Waals surface area (Å²) in [4.78, 5) is 12.5. The number of ether oxygens (including phenoxy) is 2. The summed E-state index contributed by atoms with van der Waals surface area (Å²) in [5, 5.41) is 10.00. The van der Waals surface area contributed by atoms with Gasteiger partial charge in [-0.2, -0.15) is 5.10 Å². The smallest absolute Gasteiger partial charge is 0.323 e. The fraction of sp³-hybridized carbons (Fsp3) is 0.238. The van der Waals surface area contributed by atoms with Gasteiger partial charge in [0.2, 0.25) is 0 Å². The van der Waals surface area contributed by atoms with Crippen molar-refractivity contribution in [2.75, 3.05) is 24.9 Å². The monoisotopic (exact) mass is 398 g/mol. The van der Waals surface area contributed by atoms with Gasteiger partial charge in [0.15, 0.2) is 0 Å². The van der Waals surface area contributed by atoms with Gasteiger partial charge in [-0.1, -0.05) is 18.2 Å². The van der Waals surface area contributed by atoms with E-state index >= 15 is 0 Å². The van der Waals surface area contributed by atoms with E-state index in [1.807, 2.05) is 6.92 Å². The van der Waals surface area contributed by atoms with Crippen molar-refractivity contribution in [3.8, 4) is 11.5 Å². The lowest BCUT2D eigenvalue weighted by Gasteiger charge is -2.12. The Hall–Kier alpha value is -3.55. The molecule has 2 amide bonds. The molecule has 7 nitrogen and oxygen atoms in total. The normalized spacial score (nSPS) is 10.5. The summed E-state index contributed by atoms with van der Waals surface area (Å²) in [6.45, 7) is 3.88. The number of nitrogens with one attached hydrogen (secondary N) is 2. The number of aromatic nitrogens is 2. The number of rotatable bonds is 6. The number of methoxy groups -OCH3 is 2. The molecule has 0 radical (unpaired) electrons. The van der Waals surface area contributed by atoms with Gasteiger partial charge in [-0.15, -0.1) is 0 Å². The van der Waals surface area contributed by atoms with Crippen molar-refractivity contribution in [3.63, 3.8) is 0 Å². The highest BCUT2D eigenvalue weighted by atomic mass is 19.1. The van der Waals surface area contributed by atoms with Gasteiger partial charge in [-0.3, -0.25) is 4.68 Å². The van der Waals surface area contributed by atoms with Crippen LogP contribution in [0.2, 0.25) is 0 Å². The Bertz CT molecular complexity index is 1030. The van der Waals surface area contributed by atoms with Crippen LogP contribution >= 0.6 is 0 Å². The molecular formula is C21H23FN4O3. The lowest BCUT2D eigenvalue weighted by atomic mass is 10.2. The van der Waals surface area contributed by atoms with Crippen LogP contribution in [0.25, 0.3) is 0 Å². The third kappa shape index (κ3) is 4.48. The summed E-state index contributed by atoms with van der Waals surface area (Å²) in [5.74, 6) is 0.802. The number of benzene rings is 2. The van der Waals surface area contributed by atoms with Crippen LogP contribution in [0.1, 0.15) is 17.0 Å². The molecule has 3 aromatic rings. The van der Waals surface area contributed by atoms with Gasteiger partial charge >= 0.3 is 6.03 Å². The average Bonchev–Trinajstić information content (AvgIpc) is 2.97. The Kier molecular flexibility index (Phi) is 6.01. The lowest BCUT2D eigenvalue weighted by molar-refractivity contribution is 0.262. The molecule has 0 saturated heterocycles. The van der Waals surface area contributed by atoms with Crippen molar-refractivity contribution in [2.24, 2.45) is 0 Å². The number of amides is 2. The topological polar surface area (TPSA) is 77.4 Å². The number of urea groups is 1. The van der Waals surface area contributed by atoms with Gasteiger partial charge in [0.1, 0.15) is 17.3 Å². The van der Waals surface area contributed by atoms with Gasteiger partial charge in [0.25, 0.3) is 0 Å². The molecule has 29 heavy (non-hydrogen) atoms. The Morgan fingerprint density at radius 1 is 1.10 bits per heavy atom. The second-order valence-electron chi connectivity index (χ2n) is 6.44. The summed E-state index contributed by atoms with van der Waals surface area (Å²) >= 11 is 0. The molecule has 0 aliphatic rings. The van der Waals surface area contributed by atoms with E-state index in [2.05, 4.69) is 15.7 Å². The van der Waals surface area contributed by atoms with E-state index < -0.39 is 6.03 Å². The second kappa shape index (κ2) is 8.64. The molecule has 2 N–H and O–H groups in total. The standard InChI is InChI=1S/C21H23FN4O3/c1-13-20(14(2)26(25-13)12-15-7-5-6-8-17(15)22)24-21(27)23-18-10-9-16(28-3)11-19(18)29-4/h5-11H,12H2,1-4H3,(H2,23,24,27). The summed E-state index contributed by atoms with van der Waals surface area (Å²) in [7, 11) is 3.07. The largest absolute Gasteiger partial charge is 0.497 e. The van der Waals surface area contributed by atoms with Crippen LogP contribution < -0.4 is 20.1 Å². The van der Waals surface area contributed by atoms with E-state index in [9.17, 15) is 9.18 Å². The van der Waals surface area contributed by atoms with Crippen LogP contribution in [0.4, 0.5) is 20.6 Å². The zero-order chi connectivity index (χ0) is 21.0. The zero-order valence-electron chi connectivity index (χ0n) is 16.7. The second-order valence-corrected chi connectivity index (χ2v) is 6.44.